The molecule has 2 rings (SSSR count). The molecule has 104 valence electrons. The minimum absolute atomic E-state index is 0.173. The van der Waals surface area contributed by atoms with Crippen LogP contribution in [0.5, 0.6) is 0 Å². The molecule has 2 fully saturated rings. The Morgan fingerprint density at radius 3 is 2.67 bits per heavy atom. The van der Waals surface area contributed by atoms with Gasteiger partial charge in [0.25, 0.3) is 0 Å². The average Bonchev–Trinajstić information content (AvgIpc) is 2.93. The van der Waals surface area contributed by atoms with Crippen molar-refractivity contribution in [2.45, 2.75) is 70.9 Å². The second-order valence-corrected chi connectivity index (χ2v) is 6.39. The standard InChI is InChI=1S/C15H27NO2/c1-11(2)8-9-15(18)16-10-4-6-13(16)12-5-3-7-14(12)17/h11-14,17H,3-10H2,1-2H3. The van der Waals surface area contributed by atoms with Crippen molar-refractivity contribution in [1.29, 1.82) is 0 Å². The number of likely N-dealkylation sites (tertiary alicyclic amines) is 1. The van der Waals surface area contributed by atoms with E-state index in [2.05, 4.69) is 18.7 Å². The van der Waals surface area contributed by atoms with Crippen molar-refractivity contribution in [1.82, 2.24) is 4.90 Å². The van der Waals surface area contributed by atoms with Crippen molar-refractivity contribution < 1.29 is 9.90 Å². The highest BCUT2D eigenvalue weighted by Gasteiger charge is 2.39. The Morgan fingerprint density at radius 1 is 1.28 bits per heavy atom. The predicted octanol–water partition coefficient (Wildman–Crippen LogP) is 2.57. The van der Waals surface area contributed by atoms with E-state index < -0.39 is 0 Å². The Hall–Kier alpha value is -0.570. The van der Waals surface area contributed by atoms with Gasteiger partial charge in [-0.15, -0.1) is 0 Å². The van der Waals surface area contributed by atoms with Crippen LogP contribution in [0, 0.1) is 11.8 Å². The molecule has 0 aromatic heterocycles. The predicted molar refractivity (Wildman–Crippen MR) is 72.2 cm³/mol. The van der Waals surface area contributed by atoms with Crippen LogP contribution in [0.25, 0.3) is 0 Å². The number of rotatable bonds is 4. The fourth-order valence-electron chi connectivity index (χ4n) is 3.52. The Kier molecular flexibility index (Phi) is 4.66. The summed E-state index contributed by atoms with van der Waals surface area (Å²) in [6.45, 7) is 5.23. The first-order valence-corrected chi connectivity index (χ1v) is 7.57. The lowest BCUT2D eigenvalue weighted by Gasteiger charge is -2.31. The van der Waals surface area contributed by atoms with Gasteiger partial charge in [0.05, 0.1) is 6.10 Å². The third kappa shape index (κ3) is 3.05. The average molecular weight is 253 g/mol. The molecule has 2 aliphatic rings. The second-order valence-electron chi connectivity index (χ2n) is 6.39. The zero-order valence-corrected chi connectivity index (χ0v) is 11.8. The van der Waals surface area contributed by atoms with Gasteiger partial charge >= 0.3 is 0 Å². The molecule has 1 saturated carbocycles. The molecular formula is C15H27NO2. The zero-order valence-electron chi connectivity index (χ0n) is 11.8. The largest absolute Gasteiger partial charge is 0.393 e. The summed E-state index contributed by atoms with van der Waals surface area (Å²) in [5, 5.41) is 10.0. The van der Waals surface area contributed by atoms with E-state index in [0.717, 1.165) is 45.1 Å². The van der Waals surface area contributed by atoms with Crippen LogP contribution in [-0.2, 0) is 4.79 Å². The highest BCUT2D eigenvalue weighted by atomic mass is 16.3. The monoisotopic (exact) mass is 253 g/mol. The van der Waals surface area contributed by atoms with Gasteiger partial charge in [0, 0.05) is 24.9 Å². The second kappa shape index (κ2) is 6.05. The molecule has 0 bridgehead atoms. The molecule has 3 unspecified atom stereocenters. The molecule has 3 nitrogen and oxygen atoms in total. The van der Waals surface area contributed by atoms with E-state index in [9.17, 15) is 9.90 Å². The number of hydrogen-bond donors (Lipinski definition) is 1. The Morgan fingerprint density at radius 2 is 2.06 bits per heavy atom. The number of hydrogen-bond acceptors (Lipinski definition) is 2. The van der Waals surface area contributed by atoms with E-state index in [0.29, 0.717) is 30.2 Å². The van der Waals surface area contributed by atoms with Gasteiger partial charge in [-0.05, 0) is 38.0 Å². The molecule has 0 aromatic rings. The summed E-state index contributed by atoms with van der Waals surface area (Å²) in [6.07, 6.45) is 6.84. The summed E-state index contributed by atoms with van der Waals surface area (Å²) >= 11 is 0. The van der Waals surface area contributed by atoms with Crippen LogP contribution in [0.4, 0.5) is 0 Å². The fourth-order valence-corrected chi connectivity index (χ4v) is 3.52. The zero-order chi connectivity index (χ0) is 13.1. The number of aliphatic hydroxyl groups is 1. The van der Waals surface area contributed by atoms with Crippen LogP contribution in [0.1, 0.15) is 58.8 Å². The molecule has 0 spiro atoms. The minimum Gasteiger partial charge on any atom is -0.393 e. The van der Waals surface area contributed by atoms with Crippen molar-refractivity contribution >= 4 is 5.91 Å². The van der Waals surface area contributed by atoms with Gasteiger partial charge in [-0.2, -0.15) is 0 Å². The molecule has 1 saturated heterocycles. The smallest absolute Gasteiger partial charge is 0.222 e. The van der Waals surface area contributed by atoms with Crippen molar-refractivity contribution in [3.05, 3.63) is 0 Å². The third-order valence-corrected chi connectivity index (χ3v) is 4.58. The van der Waals surface area contributed by atoms with E-state index in [1.165, 1.54) is 0 Å². The SMILES string of the molecule is CC(C)CCC(=O)N1CCCC1C1CCCC1O. The van der Waals surface area contributed by atoms with Crippen LogP contribution < -0.4 is 0 Å². The quantitative estimate of drug-likeness (QED) is 0.836. The highest BCUT2D eigenvalue weighted by Crippen LogP contribution is 2.36. The molecular weight excluding hydrogens is 226 g/mol. The van der Waals surface area contributed by atoms with Crippen LogP contribution in [-0.4, -0.2) is 34.6 Å². The lowest BCUT2D eigenvalue weighted by atomic mass is 9.93. The molecule has 1 N–H and O–H groups in total. The molecule has 0 aromatic carbocycles. The Balaban J connectivity index is 1.92. The molecule has 18 heavy (non-hydrogen) atoms. The van der Waals surface area contributed by atoms with Gasteiger partial charge in [0.15, 0.2) is 0 Å². The first kappa shape index (κ1) is 13.9. The first-order chi connectivity index (χ1) is 8.59. The molecule has 1 heterocycles. The number of carbonyl (C=O) groups excluding carboxylic acids is 1. The van der Waals surface area contributed by atoms with Gasteiger partial charge in [-0.1, -0.05) is 20.3 Å². The summed E-state index contributed by atoms with van der Waals surface area (Å²) in [5.74, 6) is 1.24. The molecule has 1 aliphatic heterocycles. The van der Waals surface area contributed by atoms with Gasteiger partial charge in [0.2, 0.25) is 5.91 Å². The fraction of sp³-hybridized carbons (Fsp3) is 0.933. The lowest BCUT2D eigenvalue weighted by molar-refractivity contribution is -0.133. The maximum absolute atomic E-state index is 12.3. The van der Waals surface area contributed by atoms with E-state index in [1.807, 2.05) is 0 Å². The van der Waals surface area contributed by atoms with Crippen molar-refractivity contribution in [2.75, 3.05) is 6.54 Å². The van der Waals surface area contributed by atoms with Gasteiger partial charge < -0.3 is 10.0 Å². The normalized spacial score (nSPS) is 32.4. The van der Waals surface area contributed by atoms with E-state index in [-0.39, 0.29) is 6.10 Å². The summed E-state index contributed by atoms with van der Waals surface area (Å²) in [5.41, 5.74) is 0. The third-order valence-electron chi connectivity index (χ3n) is 4.58. The number of aliphatic hydroxyl groups excluding tert-OH is 1. The lowest BCUT2D eigenvalue weighted by Crippen LogP contribution is -2.42. The minimum atomic E-state index is -0.173. The van der Waals surface area contributed by atoms with Crippen molar-refractivity contribution in [3.8, 4) is 0 Å². The Bertz CT molecular complexity index is 290. The number of carbonyl (C=O) groups is 1. The topological polar surface area (TPSA) is 40.5 Å². The van der Waals surface area contributed by atoms with Crippen LogP contribution in [0.3, 0.4) is 0 Å². The first-order valence-electron chi connectivity index (χ1n) is 7.57. The molecule has 3 atom stereocenters. The summed E-state index contributed by atoms with van der Waals surface area (Å²) in [4.78, 5) is 14.3. The molecule has 3 heteroatoms. The van der Waals surface area contributed by atoms with E-state index in [1.54, 1.807) is 0 Å². The Labute approximate surface area is 111 Å². The van der Waals surface area contributed by atoms with E-state index in [4.69, 9.17) is 0 Å². The van der Waals surface area contributed by atoms with Crippen molar-refractivity contribution in [2.24, 2.45) is 11.8 Å². The van der Waals surface area contributed by atoms with Crippen molar-refractivity contribution in [3.63, 3.8) is 0 Å². The highest BCUT2D eigenvalue weighted by molar-refractivity contribution is 5.76. The molecule has 1 aliphatic carbocycles. The molecule has 1 amide bonds. The van der Waals surface area contributed by atoms with Crippen LogP contribution in [0.2, 0.25) is 0 Å². The van der Waals surface area contributed by atoms with E-state index >= 15 is 0 Å². The summed E-state index contributed by atoms with van der Waals surface area (Å²) < 4.78 is 0. The van der Waals surface area contributed by atoms with Gasteiger partial charge in [-0.3, -0.25) is 4.79 Å². The van der Waals surface area contributed by atoms with Gasteiger partial charge in [-0.25, -0.2) is 0 Å². The maximum Gasteiger partial charge on any atom is 0.222 e. The number of nitrogens with zero attached hydrogens (tertiary/aromatic N) is 1. The molecule has 0 radical (unpaired) electrons. The number of amides is 1. The van der Waals surface area contributed by atoms with Crippen LogP contribution in [0.15, 0.2) is 0 Å². The summed E-state index contributed by atoms with van der Waals surface area (Å²) in [6, 6.07) is 0.321. The maximum atomic E-state index is 12.3. The van der Waals surface area contributed by atoms with Crippen LogP contribution >= 0.6 is 0 Å². The van der Waals surface area contributed by atoms with Gasteiger partial charge in [0.1, 0.15) is 0 Å². The summed E-state index contributed by atoms with van der Waals surface area (Å²) in [7, 11) is 0.